The van der Waals surface area contributed by atoms with Gasteiger partial charge in [-0.1, -0.05) is 42.5 Å². The van der Waals surface area contributed by atoms with E-state index in [1.807, 2.05) is 12.1 Å². The lowest BCUT2D eigenvalue weighted by Crippen LogP contribution is -3.28. The zero-order valence-electron chi connectivity index (χ0n) is 17.9. The van der Waals surface area contributed by atoms with Crippen molar-refractivity contribution in [1.29, 1.82) is 0 Å². The van der Waals surface area contributed by atoms with E-state index in [1.54, 1.807) is 17.0 Å². The molecule has 0 aromatic heterocycles. The van der Waals surface area contributed by atoms with E-state index >= 15 is 0 Å². The second kappa shape index (κ2) is 9.73. The van der Waals surface area contributed by atoms with Gasteiger partial charge in [-0.05, 0) is 35.0 Å². The molecule has 0 radical (unpaired) electrons. The lowest BCUT2D eigenvalue weighted by molar-refractivity contribution is -1.01. The Bertz CT molecular complexity index is 1050. The Morgan fingerprint density at radius 1 is 0.774 bits per heavy atom. The molecule has 0 atom stereocenters. The van der Waals surface area contributed by atoms with Gasteiger partial charge in [0.05, 0.1) is 0 Å². The summed E-state index contributed by atoms with van der Waals surface area (Å²) in [6.45, 7) is 7.11. The summed E-state index contributed by atoms with van der Waals surface area (Å²) in [5.41, 5.74) is 2.87. The SMILES string of the molecule is CC(=O)Nc1ccc(NC(=O)C[NH+]2CC[NH+](Cc3cccc4ccccc34)CC2)cc1. The monoisotopic (exact) mass is 418 g/mol. The number of nitrogens with one attached hydrogen (secondary N) is 4. The molecular weight excluding hydrogens is 388 g/mol. The van der Waals surface area contributed by atoms with Crippen LogP contribution in [0.2, 0.25) is 0 Å². The number of rotatable bonds is 6. The van der Waals surface area contributed by atoms with Crippen LogP contribution in [0.4, 0.5) is 11.4 Å². The molecule has 0 bridgehead atoms. The molecule has 31 heavy (non-hydrogen) atoms. The third-order valence-electron chi connectivity index (χ3n) is 5.88. The van der Waals surface area contributed by atoms with E-state index in [1.165, 1.54) is 28.2 Å². The van der Waals surface area contributed by atoms with Crippen LogP contribution in [0, 0.1) is 0 Å². The van der Waals surface area contributed by atoms with E-state index in [2.05, 4.69) is 53.1 Å². The van der Waals surface area contributed by atoms with Crippen molar-refractivity contribution in [2.45, 2.75) is 13.5 Å². The molecule has 1 fully saturated rings. The van der Waals surface area contributed by atoms with Gasteiger partial charge in [0, 0.05) is 23.9 Å². The van der Waals surface area contributed by atoms with Crippen molar-refractivity contribution in [2.24, 2.45) is 0 Å². The first-order valence-electron chi connectivity index (χ1n) is 10.9. The van der Waals surface area contributed by atoms with Crippen LogP contribution in [0.3, 0.4) is 0 Å². The summed E-state index contributed by atoms with van der Waals surface area (Å²) < 4.78 is 0. The predicted octanol–water partition coefficient (Wildman–Crippen LogP) is 0.720. The maximum absolute atomic E-state index is 12.5. The summed E-state index contributed by atoms with van der Waals surface area (Å²) in [7, 11) is 0. The van der Waals surface area contributed by atoms with Crippen molar-refractivity contribution in [3.63, 3.8) is 0 Å². The van der Waals surface area contributed by atoms with Gasteiger partial charge in [-0.3, -0.25) is 9.59 Å². The number of hydrogen-bond donors (Lipinski definition) is 4. The van der Waals surface area contributed by atoms with Crippen LogP contribution in [-0.2, 0) is 16.1 Å². The van der Waals surface area contributed by atoms with Crippen LogP contribution in [0.25, 0.3) is 10.8 Å². The molecule has 0 spiro atoms. The average Bonchev–Trinajstić information content (AvgIpc) is 2.76. The van der Waals surface area contributed by atoms with Crippen LogP contribution in [0.15, 0.2) is 66.7 Å². The van der Waals surface area contributed by atoms with Gasteiger partial charge >= 0.3 is 0 Å². The Hall–Kier alpha value is -3.22. The molecule has 4 N–H and O–H groups in total. The molecule has 1 saturated heterocycles. The van der Waals surface area contributed by atoms with Crippen molar-refractivity contribution < 1.29 is 19.4 Å². The summed E-state index contributed by atoms with van der Waals surface area (Å²) >= 11 is 0. The molecule has 4 rings (SSSR count). The lowest BCUT2D eigenvalue weighted by atomic mass is 10.0. The topological polar surface area (TPSA) is 67.1 Å². The third-order valence-corrected chi connectivity index (χ3v) is 5.88. The fourth-order valence-electron chi connectivity index (χ4n) is 4.30. The molecule has 1 heterocycles. The fraction of sp³-hybridized carbons (Fsp3) is 0.280. The van der Waals surface area contributed by atoms with Gasteiger partial charge in [0.2, 0.25) is 5.91 Å². The molecule has 6 nitrogen and oxygen atoms in total. The maximum atomic E-state index is 12.5. The molecule has 160 valence electrons. The first kappa shape index (κ1) is 21.0. The minimum absolute atomic E-state index is 0.0276. The highest BCUT2D eigenvalue weighted by atomic mass is 16.2. The minimum atomic E-state index is -0.109. The zero-order valence-corrected chi connectivity index (χ0v) is 17.9. The number of amides is 2. The Balaban J connectivity index is 1.25. The van der Waals surface area contributed by atoms with Gasteiger partial charge in [0.1, 0.15) is 32.7 Å². The van der Waals surface area contributed by atoms with Crippen molar-refractivity contribution in [1.82, 2.24) is 0 Å². The Labute approximate surface area is 182 Å². The maximum Gasteiger partial charge on any atom is 0.279 e. The van der Waals surface area contributed by atoms with Crippen LogP contribution < -0.4 is 20.4 Å². The second-order valence-corrected chi connectivity index (χ2v) is 8.30. The molecule has 0 unspecified atom stereocenters. The highest BCUT2D eigenvalue weighted by Gasteiger charge is 2.25. The molecule has 0 saturated carbocycles. The number of quaternary nitrogens is 2. The van der Waals surface area contributed by atoms with Gasteiger partial charge in [0.25, 0.3) is 5.91 Å². The van der Waals surface area contributed by atoms with Crippen molar-refractivity contribution in [3.05, 3.63) is 72.3 Å². The molecule has 2 amide bonds. The van der Waals surface area contributed by atoms with Crippen molar-refractivity contribution in [3.8, 4) is 0 Å². The smallest absolute Gasteiger partial charge is 0.279 e. The zero-order chi connectivity index (χ0) is 21.6. The van der Waals surface area contributed by atoms with E-state index in [4.69, 9.17) is 0 Å². The third kappa shape index (κ3) is 5.69. The van der Waals surface area contributed by atoms with Crippen molar-refractivity contribution in [2.75, 3.05) is 43.4 Å². The molecule has 1 aliphatic heterocycles. The van der Waals surface area contributed by atoms with Crippen LogP contribution in [-0.4, -0.2) is 44.5 Å². The fourth-order valence-corrected chi connectivity index (χ4v) is 4.30. The molecule has 1 aliphatic rings. The van der Waals surface area contributed by atoms with E-state index in [0.29, 0.717) is 6.54 Å². The Kier molecular flexibility index (Phi) is 6.60. The number of carbonyl (C=O) groups is 2. The molecule has 3 aromatic rings. The van der Waals surface area contributed by atoms with Crippen LogP contribution in [0.1, 0.15) is 12.5 Å². The second-order valence-electron chi connectivity index (χ2n) is 8.30. The summed E-state index contributed by atoms with van der Waals surface area (Å²) in [4.78, 5) is 26.5. The number of fused-ring (bicyclic) bond motifs is 1. The summed E-state index contributed by atoms with van der Waals surface area (Å²) in [6, 6.07) is 22.3. The lowest BCUT2D eigenvalue weighted by Gasteiger charge is -2.29. The molecule has 0 aliphatic carbocycles. The number of benzene rings is 3. The van der Waals surface area contributed by atoms with Gasteiger partial charge in [0.15, 0.2) is 6.54 Å². The number of carbonyl (C=O) groups excluding carboxylic acids is 2. The van der Waals surface area contributed by atoms with E-state index in [0.717, 1.165) is 44.1 Å². The highest BCUT2D eigenvalue weighted by Crippen LogP contribution is 2.17. The number of anilines is 2. The summed E-state index contributed by atoms with van der Waals surface area (Å²) in [6.07, 6.45) is 0. The van der Waals surface area contributed by atoms with Gasteiger partial charge in [-0.25, -0.2) is 0 Å². The highest BCUT2D eigenvalue weighted by molar-refractivity contribution is 5.92. The van der Waals surface area contributed by atoms with Crippen molar-refractivity contribution >= 4 is 34.0 Å². The first-order valence-corrected chi connectivity index (χ1v) is 10.9. The standard InChI is InChI=1S/C25H28N4O2/c1-19(30)26-22-9-11-23(12-10-22)27-25(31)18-29-15-13-28(14-16-29)17-21-7-4-6-20-5-2-3-8-24(20)21/h2-12H,13-18H2,1H3,(H,26,30)(H,27,31)/p+2. The van der Waals surface area contributed by atoms with E-state index in [-0.39, 0.29) is 11.8 Å². The predicted molar refractivity (Wildman–Crippen MR) is 123 cm³/mol. The molecule has 6 heteroatoms. The summed E-state index contributed by atoms with van der Waals surface area (Å²) in [5, 5.41) is 8.33. The summed E-state index contributed by atoms with van der Waals surface area (Å²) in [5.74, 6) is -0.0816. The normalized spacial score (nSPS) is 18.5. The van der Waals surface area contributed by atoms with Gasteiger partial charge < -0.3 is 20.4 Å². The number of piperazine rings is 1. The van der Waals surface area contributed by atoms with Gasteiger partial charge in [-0.2, -0.15) is 0 Å². The quantitative estimate of drug-likeness (QED) is 0.477. The van der Waals surface area contributed by atoms with Crippen LogP contribution in [0.5, 0.6) is 0 Å². The number of hydrogen-bond acceptors (Lipinski definition) is 2. The van der Waals surface area contributed by atoms with Gasteiger partial charge in [-0.15, -0.1) is 0 Å². The minimum Gasteiger partial charge on any atom is -0.326 e. The van der Waals surface area contributed by atoms with E-state index in [9.17, 15) is 9.59 Å². The largest absolute Gasteiger partial charge is 0.326 e. The van der Waals surface area contributed by atoms with Crippen LogP contribution >= 0.6 is 0 Å². The first-order chi connectivity index (χ1) is 15.1. The van der Waals surface area contributed by atoms with E-state index < -0.39 is 0 Å². The average molecular weight is 419 g/mol. The molecular formula is C25H30N4O2+2. The molecule has 3 aromatic carbocycles. The Morgan fingerprint density at radius 3 is 2.10 bits per heavy atom. The Morgan fingerprint density at radius 2 is 1.39 bits per heavy atom.